The molecule has 2 aliphatic heterocycles. The second-order valence-electron chi connectivity index (χ2n) is 8.01. The zero-order valence-corrected chi connectivity index (χ0v) is 18.6. The highest BCUT2D eigenvalue weighted by Gasteiger charge is 2.31. The van der Waals surface area contributed by atoms with Gasteiger partial charge in [-0.2, -0.15) is 4.31 Å². The molecular formula is C22H27FN4O4S. The number of rotatable bonds is 7. The number of ether oxygens (including phenoxy) is 1. The molecule has 0 aromatic heterocycles. The van der Waals surface area contributed by atoms with Gasteiger partial charge >= 0.3 is 0 Å². The second kappa shape index (κ2) is 9.53. The van der Waals surface area contributed by atoms with Crippen molar-refractivity contribution < 1.29 is 22.3 Å². The SMILES string of the molecule is COc1ccc2c(c1)CCN(S(=O)(=O)CCNC(=O)C1CC(c3ccc(F)cc3)NN1)C2. The van der Waals surface area contributed by atoms with Crippen LogP contribution in [0.25, 0.3) is 0 Å². The van der Waals surface area contributed by atoms with E-state index < -0.39 is 16.1 Å². The van der Waals surface area contributed by atoms with Crippen LogP contribution in [0.15, 0.2) is 42.5 Å². The van der Waals surface area contributed by atoms with Gasteiger partial charge in [0.2, 0.25) is 15.9 Å². The summed E-state index contributed by atoms with van der Waals surface area (Å²) in [6.45, 7) is 0.763. The lowest BCUT2D eigenvalue weighted by atomic mass is 10.0. The highest BCUT2D eigenvalue weighted by Crippen LogP contribution is 2.25. The Balaban J connectivity index is 1.26. The Labute approximate surface area is 187 Å². The molecule has 1 amide bonds. The minimum absolute atomic E-state index is 0.0343. The van der Waals surface area contributed by atoms with E-state index in [4.69, 9.17) is 4.74 Å². The third kappa shape index (κ3) is 5.09. The highest BCUT2D eigenvalue weighted by atomic mass is 32.2. The second-order valence-corrected chi connectivity index (χ2v) is 10.1. The van der Waals surface area contributed by atoms with E-state index in [1.165, 1.54) is 16.4 Å². The molecule has 0 saturated carbocycles. The standard InChI is InChI=1S/C22H27FN4O4S/c1-31-19-7-4-17-14-27(10-8-16(17)12-19)32(29,30)11-9-24-22(28)21-13-20(25-26-21)15-2-5-18(23)6-3-15/h2-7,12,20-21,25-26H,8-11,13-14H2,1H3,(H,24,28). The molecule has 0 aliphatic carbocycles. The first kappa shape index (κ1) is 22.7. The van der Waals surface area contributed by atoms with Crippen LogP contribution in [-0.2, 0) is 27.8 Å². The summed E-state index contributed by atoms with van der Waals surface area (Å²) in [4.78, 5) is 12.5. The molecule has 2 atom stereocenters. The van der Waals surface area contributed by atoms with Crippen LogP contribution in [0.3, 0.4) is 0 Å². The number of hydrazine groups is 1. The van der Waals surface area contributed by atoms with Crippen molar-refractivity contribution in [3.8, 4) is 5.75 Å². The van der Waals surface area contributed by atoms with Gasteiger partial charge in [0.05, 0.1) is 12.9 Å². The fraction of sp³-hybridized carbons (Fsp3) is 0.409. The lowest BCUT2D eigenvalue weighted by Gasteiger charge is -2.28. The van der Waals surface area contributed by atoms with Crippen molar-refractivity contribution in [2.75, 3.05) is 26.0 Å². The van der Waals surface area contributed by atoms with Crippen LogP contribution in [0.2, 0.25) is 0 Å². The number of hydrogen-bond donors (Lipinski definition) is 3. The van der Waals surface area contributed by atoms with E-state index in [-0.39, 0.29) is 30.1 Å². The Morgan fingerprint density at radius 1 is 1.19 bits per heavy atom. The maximum absolute atomic E-state index is 13.1. The van der Waals surface area contributed by atoms with Crippen LogP contribution < -0.4 is 20.9 Å². The number of benzene rings is 2. The van der Waals surface area contributed by atoms with E-state index in [1.54, 1.807) is 19.2 Å². The normalized spacial score (nSPS) is 21.2. The van der Waals surface area contributed by atoms with E-state index in [9.17, 15) is 17.6 Å². The number of halogens is 1. The largest absolute Gasteiger partial charge is 0.497 e. The average Bonchev–Trinajstić information content (AvgIpc) is 3.29. The summed E-state index contributed by atoms with van der Waals surface area (Å²) in [5, 5.41) is 2.71. The van der Waals surface area contributed by atoms with Gasteiger partial charge in [0.1, 0.15) is 17.6 Å². The average molecular weight is 463 g/mol. The van der Waals surface area contributed by atoms with E-state index in [0.29, 0.717) is 25.9 Å². The van der Waals surface area contributed by atoms with Gasteiger partial charge in [-0.25, -0.2) is 23.7 Å². The zero-order valence-electron chi connectivity index (χ0n) is 17.8. The molecule has 0 spiro atoms. The zero-order chi connectivity index (χ0) is 22.7. The molecule has 4 rings (SSSR count). The Morgan fingerprint density at radius 2 is 1.97 bits per heavy atom. The van der Waals surface area contributed by atoms with Crippen molar-refractivity contribution in [3.05, 3.63) is 65.0 Å². The molecule has 172 valence electrons. The highest BCUT2D eigenvalue weighted by molar-refractivity contribution is 7.89. The summed E-state index contributed by atoms with van der Waals surface area (Å²) in [5.41, 5.74) is 8.90. The minimum atomic E-state index is -3.50. The summed E-state index contributed by atoms with van der Waals surface area (Å²) < 4.78 is 45.3. The number of sulfonamides is 1. The monoisotopic (exact) mass is 462 g/mol. The number of fused-ring (bicyclic) bond motifs is 1. The Kier molecular flexibility index (Phi) is 6.75. The van der Waals surface area contributed by atoms with Gasteiger partial charge in [-0.05, 0) is 53.8 Å². The van der Waals surface area contributed by atoms with Crippen LogP contribution in [0.5, 0.6) is 5.75 Å². The van der Waals surface area contributed by atoms with Crippen molar-refractivity contribution in [1.29, 1.82) is 0 Å². The van der Waals surface area contributed by atoms with Gasteiger partial charge in [0.25, 0.3) is 0 Å². The van der Waals surface area contributed by atoms with Crippen LogP contribution in [0.4, 0.5) is 4.39 Å². The van der Waals surface area contributed by atoms with Gasteiger partial charge < -0.3 is 10.1 Å². The first-order valence-electron chi connectivity index (χ1n) is 10.5. The Bertz CT molecular complexity index is 1080. The molecule has 8 nitrogen and oxygen atoms in total. The van der Waals surface area contributed by atoms with E-state index in [1.807, 2.05) is 18.2 Å². The van der Waals surface area contributed by atoms with Crippen LogP contribution >= 0.6 is 0 Å². The number of nitrogens with zero attached hydrogens (tertiary/aromatic N) is 1. The lowest BCUT2D eigenvalue weighted by Crippen LogP contribution is -2.45. The molecule has 2 aromatic carbocycles. The first-order chi connectivity index (χ1) is 15.4. The number of carbonyl (C=O) groups is 1. The van der Waals surface area contributed by atoms with Gasteiger partial charge in [-0.15, -0.1) is 0 Å². The summed E-state index contributed by atoms with van der Waals surface area (Å²) >= 11 is 0. The van der Waals surface area contributed by atoms with Crippen molar-refractivity contribution in [3.63, 3.8) is 0 Å². The van der Waals surface area contributed by atoms with E-state index in [0.717, 1.165) is 22.4 Å². The molecular weight excluding hydrogens is 435 g/mol. The number of hydrogen-bond acceptors (Lipinski definition) is 6. The van der Waals surface area contributed by atoms with Gasteiger partial charge in [-0.3, -0.25) is 4.79 Å². The molecule has 3 N–H and O–H groups in total. The maximum atomic E-state index is 13.1. The van der Waals surface area contributed by atoms with Crippen molar-refractivity contribution >= 4 is 15.9 Å². The predicted octanol–water partition coefficient (Wildman–Crippen LogP) is 1.25. The predicted molar refractivity (Wildman–Crippen MR) is 118 cm³/mol. The summed E-state index contributed by atoms with van der Waals surface area (Å²) in [5.74, 6) is 0.0196. The minimum Gasteiger partial charge on any atom is -0.497 e. The summed E-state index contributed by atoms with van der Waals surface area (Å²) in [6, 6.07) is 11.2. The molecule has 2 aliphatic rings. The smallest absolute Gasteiger partial charge is 0.238 e. The number of nitrogens with one attached hydrogen (secondary N) is 3. The van der Waals surface area contributed by atoms with Crippen molar-refractivity contribution in [2.24, 2.45) is 0 Å². The number of amides is 1. The molecule has 1 saturated heterocycles. The van der Waals surface area contributed by atoms with E-state index in [2.05, 4.69) is 16.2 Å². The summed E-state index contributed by atoms with van der Waals surface area (Å²) in [7, 11) is -1.90. The fourth-order valence-electron chi connectivity index (χ4n) is 4.07. The van der Waals surface area contributed by atoms with Gasteiger partial charge in [0.15, 0.2) is 0 Å². The molecule has 0 radical (unpaired) electrons. The quantitative estimate of drug-likeness (QED) is 0.573. The molecule has 2 unspecified atom stereocenters. The summed E-state index contributed by atoms with van der Waals surface area (Å²) in [6.07, 6.45) is 1.11. The molecule has 0 bridgehead atoms. The topological polar surface area (TPSA) is 99.8 Å². The van der Waals surface area contributed by atoms with Crippen LogP contribution in [0, 0.1) is 5.82 Å². The molecule has 32 heavy (non-hydrogen) atoms. The van der Waals surface area contributed by atoms with Crippen molar-refractivity contribution in [2.45, 2.75) is 31.5 Å². The third-order valence-electron chi connectivity index (χ3n) is 5.94. The molecule has 2 aromatic rings. The molecule has 10 heteroatoms. The fourth-order valence-corrected chi connectivity index (χ4v) is 5.39. The number of methoxy groups -OCH3 is 1. The van der Waals surface area contributed by atoms with E-state index >= 15 is 0 Å². The Morgan fingerprint density at radius 3 is 2.72 bits per heavy atom. The Hall–Kier alpha value is -2.53. The molecule has 2 heterocycles. The van der Waals surface area contributed by atoms with Gasteiger partial charge in [0, 0.05) is 25.7 Å². The maximum Gasteiger partial charge on any atom is 0.238 e. The third-order valence-corrected chi connectivity index (χ3v) is 7.75. The lowest BCUT2D eigenvalue weighted by molar-refractivity contribution is -0.122. The molecule has 1 fully saturated rings. The van der Waals surface area contributed by atoms with Gasteiger partial charge in [-0.1, -0.05) is 18.2 Å². The number of carbonyl (C=O) groups excluding carboxylic acids is 1. The van der Waals surface area contributed by atoms with Crippen LogP contribution in [-0.4, -0.2) is 50.6 Å². The van der Waals surface area contributed by atoms with Crippen molar-refractivity contribution in [1.82, 2.24) is 20.5 Å². The first-order valence-corrected chi connectivity index (χ1v) is 12.1. The van der Waals surface area contributed by atoms with Crippen LogP contribution in [0.1, 0.15) is 29.2 Å².